The van der Waals surface area contributed by atoms with Crippen molar-refractivity contribution in [3.8, 4) is 0 Å². The van der Waals surface area contributed by atoms with Gasteiger partial charge in [-0.2, -0.15) is 0 Å². The molecule has 1 atom stereocenters. The van der Waals surface area contributed by atoms with Gasteiger partial charge < -0.3 is 10.5 Å². The molecule has 0 saturated heterocycles. The van der Waals surface area contributed by atoms with Gasteiger partial charge in [-0.15, -0.1) is 0 Å². The third-order valence-electron chi connectivity index (χ3n) is 2.59. The fourth-order valence-electron chi connectivity index (χ4n) is 1.64. The first-order chi connectivity index (χ1) is 9.42. The number of rotatable bonds is 7. The van der Waals surface area contributed by atoms with E-state index in [0.29, 0.717) is 28.8 Å². The number of nitrogens with zero attached hydrogens (tertiary/aromatic N) is 1. The lowest BCUT2D eigenvalue weighted by molar-refractivity contribution is -0.143. The van der Waals surface area contributed by atoms with Crippen LogP contribution in [0.1, 0.15) is 19.8 Å². The Morgan fingerprint density at radius 1 is 1.40 bits per heavy atom. The molecule has 0 amide bonds. The Kier molecular flexibility index (Phi) is 7.09. The number of hydroxylamine groups is 1. The van der Waals surface area contributed by atoms with Gasteiger partial charge in [-0.3, -0.25) is 15.1 Å². The second-order valence-corrected chi connectivity index (χ2v) is 5.18. The van der Waals surface area contributed by atoms with Crippen LogP contribution in [0.15, 0.2) is 18.2 Å². The summed E-state index contributed by atoms with van der Waals surface area (Å²) < 4.78 is 4.81. The second kappa shape index (κ2) is 8.32. The molecule has 112 valence electrons. The standard InChI is InChI=1S/C13H18Cl2N2O3/c1-2-20-13(18)8-11(16)3-4-17(19)12-6-9(14)5-10(15)7-12/h5-7,11,19H,2-4,8,16H2,1H3. The molecular weight excluding hydrogens is 303 g/mol. The summed E-state index contributed by atoms with van der Waals surface area (Å²) in [6.45, 7) is 2.33. The monoisotopic (exact) mass is 320 g/mol. The largest absolute Gasteiger partial charge is 0.466 e. The van der Waals surface area contributed by atoms with E-state index >= 15 is 0 Å². The zero-order chi connectivity index (χ0) is 15.1. The Labute approximate surface area is 128 Å². The summed E-state index contributed by atoms with van der Waals surface area (Å²) in [4.78, 5) is 11.2. The van der Waals surface area contributed by atoms with Gasteiger partial charge in [-0.1, -0.05) is 23.2 Å². The summed E-state index contributed by atoms with van der Waals surface area (Å²) in [6, 6.07) is 4.38. The number of ether oxygens (including phenoxy) is 1. The Morgan fingerprint density at radius 3 is 2.55 bits per heavy atom. The molecule has 5 nitrogen and oxygen atoms in total. The Bertz CT molecular complexity index is 437. The smallest absolute Gasteiger partial charge is 0.307 e. The van der Waals surface area contributed by atoms with E-state index < -0.39 is 0 Å². The van der Waals surface area contributed by atoms with E-state index in [2.05, 4.69) is 0 Å². The maximum absolute atomic E-state index is 11.2. The van der Waals surface area contributed by atoms with Gasteiger partial charge in [0.2, 0.25) is 0 Å². The van der Waals surface area contributed by atoms with Crippen LogP contribution in [-0.4, -0.2) is 30.4 Å². The lowest BCUT2D eigenvalue weighted by Gasteiger charge is -2.19. The predicted molar refractivity (Wildman–Crippen MR) is 79.4 cm³/mol. The summed E-state index contributed by atoms with van der Waals surface area (Å²) in [5.41, 5.74) is 6.28. The van der Waals surface area contributed by atoms with Gasteiger partial charge >= 0.3 is 5.97 Å². The minimum Gasteiger partial charge on any atom is -0.466 e. The van der Waals surface area contributed by atoms with Gasteiger partial charge in [0.05, 0.1) is 18.7 Å². The number of esters is 1. The molecule has 0 spiro atoms. The molecule has 0 heterocycles. The summed E-state index contributed by atoms with van der Waals surface area (Å²) in [7, 11) is 0. The highest BCUT2D eigenvalue weighted by Gasteiger charge is 2.13. The number of carbonyl (C=O) groups excluding carboxylic acids is 1. The minimum atomic E-state index is -0.377. The van der Waals surface area contributed by atoms with Crippen molar-refractivity contribution in [3.05, 3.63) is 28.2 Å². The molecule has 1 aromatic rings. The maximum Gasteiger partial charge on any atom is 0.307 e. The quantitative estimate of drug-likeness (QED) is 0.596. The number of anilines is 1. The fraction of sp³-hybridized carbons (Fsp3) is 0.462. The molecule has 0 aliphatic carbocycles. The van der Waals surface area contributed by atoms with Crippen molar-refractivity contribution >= 4 is 34.9 Å². The van der Waals surface area contributed by atoms with Gasteiger partial charge in [-0.05, 0) is 31.5 Å². The zero-order valence-corrected chi connectivity index (χ0v) is 12.7. The van der Waals surface area contributed by atoms with Crippen LogP contribution in [0.3, 0.4) is 0 Å². The van der Waals surface area contributed by atoms with Crippen LogP contribution < -0.4 is 10.8 Å². The molecule has 0 saturated carbocycles. The van der Waals surface area contributed by atoms with E-state index in [-0.39, 0.29) is 25.0 Å². The van der Waals surface area contributed by atoms with E-state index in [1.54, 1.807) is 25.1 Å². The van der Waals surface area contributed by atoms with Crippen molar-refractivity contribution in [2.24, 2.45) is 5.73 Å². The molecule has 7 heteroatoms. The van der Waals surface area contributed by atoms with Crippen molar-refractivity contribution in [3.63, 3.8) is 0 Å². The van der Waals surface area contributed by atoms with Crippen LogP contribution in [0.4, 0.5) is 5.69 Å². The van der Waals surface area contributed by atoms with Gasteiger partial charge in [0.15, 0.2) is 0 Å². The van der Waals surface area contributed by atoms with Crippen LogP contribution in [0.5, 0.6) is 0 Å². The Morgan fingerprint density at radius 2 is 2.00 bits per heavy atom. The Balaban J connectivity index is 2.46. The van der Waals surface area contributed by atoms with Gasteiger partial charge in [-0.25, -0.2) is 0 Å². The molecule has 0 fully saturated rings. The molecule has 20 heavy (non-hydrogen) atoms. The number of carbonyl (C=O) groups is 1. The molecule has 1 aromatic carbocycles. The number of hydrogen-bond acceptors (Lipinski definition) is 5. The van der Waals surface area contributed by atoms with Crippen LogP contribution >= 0.6 is 23.2 Å². The van der Waals surface area contributed by atoms with Gasteiger partial charge in [0, 0.05) is 22.6 Å². The summed E-state index contributed by atoms with van der Waals surface area (Å²) >= 11 is 11.7. The highest BCUT2D eigenvalue weighted by molar-refractivity contribution is 6.35. The van der Waals surface area contributed by atoms with Crippen molar-refractivity contribution in [2.75, 3.05) is 18.2 Å². The lowest BCUT2D eigenvalue weighted by Crippen LogP contribution is -2.30. The first-order valence-corrected chi connectivity index (χ1v) is 7.01. The third-order valence-corrected chi connectivity index (χ3v) is 3.03. The van der Waals surface area contributed by atoms with Crippen molar-refractivity contribution < 1.29 is 14.7 Å². The zero-order valence-electron chi connectivity index (χ0n) is 11.2. The summed E-state index contributed by atoms with van der Waals surface area (Å²) in [6.07, 6.45) is 0.553. The number of hydrogen-bond donors (Lipinski definition) is 2. The fourth-order valence-corrected chi connectivity index (χ4v) is 2.16. The predicted octanol–water partition coefficient (Wildman–Crippen LogP) is 2.86. The average Bonchev–Trinajstić information content (AvgIpc) is 2.35. The number of halogens is 2. The van der Waals surface area contributed by atoms with Crippen LogP contribution in [-0.2, 0) is 9.53 Å². The Hall–Kier alpha value is -1.01. The molecule has 0 aliphatic rings. The van der Waals surface area contributed by atoms with E-state index in [9.17, 15) is 10.0 Å². The first kappa shape index (κ1) is 17.0. The van der Waals surface area contributed by atoms with Crippen LogP contribution in [0, 0.1) is 0 Å². The lowest BCUT2D eigenvalue weighted by atomic mass is 10.1. The van der Waals surface area contributed by atoms with Crippen LogP contribution in [0.25, 0.3) is 0 Å². The highest BCUT2D eigenvalue weighted by Crippen LogP contribution is 2.24. The van der Waals surface area contributed by atoms with Gasteiger partial charge in [0.25, 0.3) is 0 Å². The molecule has 0 bridgehead atoms. The maximum atomic E-state index is 11.2. The minimum absolute atomic E-state index is 0.123. The van der Waals surface area contributed by atoms with E-state index in [0.717, 1.165) is 5.06 Å². The second-order valence-electron chi connectivity index (χ2n) is 4.31. The SMILES string of the molecule is CCOC(=O)CC(N)CCN(O)c1cc(Cl)cc(Cl)c1. The van der Waals surface area contributed by atoms with Crippen molar-refractivity contribution in [1.82, 2.24) is 0 Å². The molecule has 0 radical (unpaired) electrons. The molecule has 1 unspecified atom stereocenters. The molecular formula is C13H18Cl2N2O3. The van der Waals surface area contributed by atoms with E-state index in [4.69, 9.17) is 33.7 Å². The van der Waals surface area contributed by atoms with Crippen molar-refractivity contribution in [2.45, 2.75) is 25.8 Å². The first-order valence-electron chi connectivity index (χ1n) is 6.26. The molecule has 3 N–H and O–H groups in total. The molecule has 1 rings (SSSR count). The number of benzene rings is 1. The topological polar surface area (TPSA) is 75.8 Å². The van der Waals surface area contributed by atoms with E-state index in [1.165, 1.54) is 0 Å². The average molecular weight is 321 g/mol. The number of nitrogens with two attached hydrogens (primary N) is 1. The summed E-state index contributed by atoms with van der Waals surface area (Å²) in [5.74, 6) is -0.338. The highest BCUT2D eigenvalue weighted by atomic mass is 35.5. The molecule has 0 aromatic heterocycles. The van der Waals surface area contributed by atoms with Gasteiger partial charge in [0.1, 0.15) is 0 Å². The normalized spacial score (nSPS) is 12.1. The molecule has 0 aliphatic heterocycles. The third kappa shape index (κ3) is 5.96. The van der Waals surface area contributed by atoms with Crippen molar-refractivity contribution in [1.29, 1.82) is 0 Å². The summed E-state index contributed by atoms with van der Waals surface area (Å²) in [5, 5.41) is 11.8. The van der Waals surface area contributed by atoms with E-state index in [1.807, 2.05) is 0 Å². The van der Waals surface area contributed by atoms with Crippen LogP contribution in [0.2, 0.25) is 10.0 Å².